The second-order valence-corrected chi connectivity index (χ2v) is 13.5. The summed E-state index contributed by atoms with van der Waals surface area (Å²) < 4.78 is 12.0. The summed E-state index contributed by atoms with van der Waals surface area (Å²) >= 11 is 0. The smallest absolute Gasteiger partial charge is 0.119 e. The topological polar surface area (TPSA) is 44.2 Å². The van der Waals surface area contributed by atoms with Crippen molar-refractivity contribution >= 4 is 24.3 Å². The summed E-state index contributed by atoms with van der Waals surface area (Å²) in [6.07, 6.45) is 23.5. The van der Waals surface area contributed by atoms with E-state index in [1.165, 1.54) is 64.2 Å². The number of nitrogens with zero attached hydrogens (tertiary/aromatic N) is 2. The lowest BCUT2D eigenvalue weighted by atomic mass is 10.0. The first-order chi connectivity index (χ1) is 25.7. The van der Waals surface area contributed by atoms with E-state index in [2.05, 4.69) is 111 Å². The van der Waals surface area contributed by atoms with E-state index in [1.807, 2.05) is 36.4 Å². The maximum Gasteiger partial charge on any atom is 0.119 e. The average molecular weight is 693 g/mol. The van der Waals surface area contributed by atoms with E-state index in [9.17, 15) is 0 Å². The molecular weight excluding hydrogens is 637 g/mol. The fourth-order valence-electron chi connectivity index (χ4n) is 6.16. The highest BCUT2D eigenvalue weighted by molar-refractivity contribution is 5.83. The minimum atomic E-state index is 0.763. The molecule has 0 atom stereocenters. The van der Waals surface area contributed by atoms with Crippen LogP contribution >= 0.6 is 0 Å². The zero-order valence-electron chi connectivity index (χ0n) is 31.3. The first kappa shape index (κ1) is 38.3. The molecule has 0 amide bonds. The Labute approximate surface area is 312 Å². The van der Waals surface area contributed by atoms with Crippen LogP contribution in [0.15, 0.2) is 109 Å². The van der Waals surface area contributed by atoms with Gasteiger partial charge in [0.05, 0.1) is 36.0 Å². The van der Waals surface area contributed by atoms with Crippen molar-refractivity contribution in [3.8, 4) is 34.0 Å². The van der Waals surface area contributed by atoms with Crippen LogP contribution in [0.4, 0.5) is 0 Å². The first-order valence-corrected chi connectivity index (χ1v) is 19.6. The van der Waals surface area contributed by atoms with Gasteiger partial charge in [0.15, 0.2) is 0 Å². The molecular formula is C48H56N2O2. The molecule has 4 heteroatoms. The minimum Gasteiger partial charge on any atom is -0.494 e. The number of hydrogen-bond acceptors (Lipinski definition) is 4. The molecule has 0 aliphatic heterocycles. The van der Waals surface area contributed by atoms with Gasteiger partial charge in [0.1, 0.15) is 11.5 Å². The molecule has 0 saturated carbocycles. The Hall–Kier alpha value is -4.96. The fraction of sp³-hybridized carbons (Fsp3) is 0.333. The fourth-order valence-corrected chi connectivity index (χ4v) is 6.16. The molecule has 0 fully saturated rings. The van der Waals surface area contributed by atoms with Gasteiger partial charge in [-0.15, -0.1) is 0 Å². The van der Waals surface area contributed by atoms with Crippen molar-refractivity contribution in [2.24, 2.45) is 0 Å². The van der Waals surface area contributed by atoms with E-state index in [-0.39, 0.29) is 0 Å². The summed E-state index contributed by atoms with van der Waals surface area (Å²) in [5.41, 5.74) is 7.52. The van der Waals surface area contributed by atoms with Crippen LogP contribution in [0.25, 0.3) is 46.8 Å². The Morgan fingerprint density at radius 3 is 1.15 bits per heavy atom. The van der Waals surface area contributed by atoms with Crippen molar-refractivity contribution in [2.45, 2.75) is 90.9 Å². The van der Waals surface area contributed by atoms with E-state index in [0.29, 0.717) is 0 Å². The molecule has 1 heterocycles. The standard InChI is InChI=1S/C48H56N2O2/c1-3-5-7-9-11-19-37-51-43-31-25-39(26-32-43)29-35-45-47(41-21-15-13-16-22-41)50-46(48(49-45)42-23-17-14-18-24-42)36-30-40-27-33-44(34-28-40)52-38-20-12-10-8-6-4-2/h13-18,21-36H,3-12,19-20,37-38H2,1-2H3/b35-29+,36-30+. The Balaban J connectivity index is 1.33. The summed E-state index contributed by atoms with van der Waals surface area (Å²) in [6, 6.07) is 37.2. The molecule has 0 radical (unpaired) electrons. The van der Waals surface area contributed by atoms with Crippen molar-refractivity contribution in [1.29, 1.82) is 0 Å². The van der Waals surface area contributed by atoms with E-state index >= 15 is 0 Å². The molecule has 0 unspecified atom stereocenters. The lowest BCUT2D eigenvalue weighted by molar-refractivity contribution is 0.304. The second-order valence-electron chi connectivity index (χ2n) is 13.5. The lowest BCUT2D eigenvalue weighted by Crippen LogP contribution is -2.00. The molecule has 52 heavy (non-hydrogen) atoms. The van der Waals surface area contributed by atoms with Gasteiger partial charge in [-0.1, -0.05) is 175 Å². The summed E-state index contributed by atoms with van der Waals surface area (Å²) in [7, 11) is 0. The maximum atomic E-state index is 6.02. The average Bonchev–Trinajstić information content (AvgIpc) is 3.20. The van der Waals surface area contributed by atoms with Crippen LogP contribution in [-0.2, 0) is 0 Å². The van der Waals surface area contributed by atoms with Gasteiger partial charge in [0.25, 0.3) is 0 Å². The first-order valence-electron chi connectivity index (χ1n) is 19.6. The van der Waals surface area contributed by atoms with E-state index in [4.69, 9.17) is 19.4 Å². The summed E-state index contributed by atoms with van der Waals surface area (Å²) in [4.78, 5) is 10.5. The molecule has 5 aromatic rings. The van der Waals surface area contributed by atoms with E-state index in [0.717, 1.165) is 82.6 Å². The Morgan fingerprint density at radius 1 is 0.404 bits per heavy atom. The predicted molar refractivity (Wildman–Crippen MR) is 221 cm³/mol. The highest BCUT2D eigenvalue weighted by atomic mass is 16.5. The predicted octanol–water partition coefficient (Wildman–Crippen LogP) is 13.6. The van der Waals surface area contributed by atoms with E-state index < -0.39 is 0 Å². The van der Waals surface area contributed by atoms with Crippen LogP contribution in [0.5, 0.6) is 11.5 Å². The number of aromatic nitrogens is 2. The summed E-state index contributed by atoms with van der Waals surface area (Å²) in [6.45, 7) is 6.03. The normalized spacial score (nSPS) is 11.4. The third kappa shape index (κ3) is 12.7. The van der Waals surface area contributed by atoms with Gasteiger partial charge in [-0.25, -0.2) is 9.97 Å². The van der Waals surface area contributed by atoms with Gasteiger partial charge >= 0.3 is 0 Å². The van der Waals surface area contributed by atoms with E-state index in [1.54, 1.807) is 0 Å². The van der Waals surface area contributed by atoms with Crippen LogP contribution in [0.2, 0.25) is 0 Å². The summed E-state index contributed by atoms with van der Waals surface area (Å²) in [5.74, 6) is 1.82. The van der Waals surface area contributed by atoms with Gasteiger partial charge in [-0.3, -0.25) is 0 Å². The van der Waals surface area contributed by atoms with Crippen LogP contribution in [0.3, 0.4) is 0 Å². The van der Waals surface area contributed by atoms with Gasteiger partial charge in [-0.05, 0) is 60.4 Å². The van der Waals surface area contributed by atoms with Crippen molar-refractivity contribution in [3.05, 3.63) is 132 Å². The number of unbranched alkanes of at least 4 members (excludes halogenated alkanes) is 10. The highest BCUT2D eigenvalue weighted by Crippen LogP contribution is 2.30. The quantitative estimate of drug-likeness (QED) is 0.0677. The van der Waals surface area contributed by atoms with Gasteiger partial charge < -0.3 is 9.47 Å². The molecule has 1 aromatic heterocycles. The molecule has 270 valence electrons. The highest BCUT2D eigenvalue weighted by Gasteiger charge is 2.14. The number of benzene rings is 4. The monoisotopic (exact) mass is 692 g/mol. The van der Waals surface area contributed by atoms with Crippen LogP contribution < -0.4 is 9.47 Å². The van der Waals surface area contributed by atoms with Crippen LogP contribution in [0, 0.1) is 0 Å². The SMILES string of the molecule is CCCCCCCCOc1ccc(/C=C/c2nc(-c3ccccc3)c(/C=C/c3ccc(OCCCCCCCC)cc3)nc2-c2ccccc2)cc1. The Kier molecular flexibility index (Phi) is 16.3. The Morgan fingerprint density at radius 2 is 0.769 bits per heavy atom. The molecule has 5 rings (SSSR count). The minimum absolute atomic E-state index is 0.763. The number of ether oxygens (including phenoxy) is 2. The van der Waals surface area contributed by atoms with Crippen molar-refractivity contribution in [3.63, 3.8) is 0 Å². The zero-order chi connectivity index (χ0) is 36.1. The zero-order valence-corrected chi connectivity index (χ0v) is 31.3. The summed E-state index contributed by atoms with van der Waals surface area (Å²) in [5, 5.41) is 0. The third-order valence-corrected chi connectivity index (χ3v) is 9.20. The van der Waals surface area contributed by atoms with Gasteiger partial charge in [0.2, 0.25) is 0 Å². The van der Waals surface area contributed by atoms with Gasteiger partial charge in [-0.2, -0.15) is 0 Å². The molecule has 0 saturated heterocycles. The third-order valence-electron chi connectivity index (χ3n) is 9.20. The van der Waals surface area contributed by atoms with Crippen LogP contribution in [-0.4, -0.2) is 23.2 Å². The molecule has 0 aliphatic carbocycles. The maximum absolute atomic E-state index is 6.02. The van der Waals surface area contributed by atoms with Crippen molar-refractivity contribution in [1.82, 2.24) is 9.97 Å². The largest absolute Gasteiger partial charge is 0.494 e. The van der Waals surface area contributed by atoms with Crippen molar-refractivity contribution < 1.29 is 9.47 Å². The molecule has 0 aliphatic rings. The van der Waals surface area contributed by atoms with Crippen molar-refractivity contribution in [2.75, 3.05) is 13.2 Å². The molecule has 4 aromatic carbocycles. The second kappa shape index (κ2) is 22.1. The van der Waals surface area contributed by atoms with Crippen LogP contribution in [0.1, 0.15) is 113 Å². The molecule has 4 nitrogen and oxygen atoms in total. The molecule has 0 bridgehead atoms. The Bertz CT molecular complexity index is 1640. The lowest BCUT2D eigenvalue weighted by Gasteiger charge is -2.12. The van der Waals surface area contributed by atoms with Gasteiger partial charge in [0, 0.05) is 11.1 Å². The molecule has 0 N–H and O–H groups in total. The number of hydrogen-bond donors (Lipinski definition) is 0. The molecule has 0 spiro atoms. The number of rotatable bonds is 22.